The quantitative estimate of drug-likeness (QED) is 0.738. The Kier molecular flexibility index (Phi) is 2.14. The molecular weight excluding hydrogens is 176 g/mol. The van der Waals surface area contributed by atoms with Crippen molar-refractivity contribution in [2.75, 3.05) is 5.32 Å². The first kappa shape index (κ1) is 8.69. The molecule has 0 bridgehead atoms. The number of hydrogen-bond donors (Lipinski definition) is 1. The van der Waals surface area contributed by atoms with E-state index in [1.54, 1.807) is 6.20 Å². The number of carbonyl (C=O) groups is 1. The first-order valence-electron chi connectivity index (χ1n) is 4.23. The van der Waals surface area contributed by atoms with E-state index in [1.807, 2.05) is 30.3 Å². The van der Waals surface area contributed by atoms with E-state index in [1.165, 1.54) is 0 Å². The lowest BCUT2D eigenvalue weighted by atomic mass is 10.2. The summed E-state index contributed by atoms with van der Waals surface area (Å²) in [4.78, 5) is 14.9. The molecule has 0 aliphatic heterocycles. The largest absolute Gasteiger partial charge is 0.325 e. The van der Waals surface area contributed by atoms with Gasteiger partial charge in [-0.1, -0.05) is 18.2 Å². The van der Waals surface area contributed by atoms with Gasteiger partial charge in [0.1, 0.15) is 0 Å². The molecule has 2 rings (SSSR count). The van der Waals surface area contributed by atoms with Crippen molar-refractivity contribution in [2.24, 2.45) is 0 Å². The fourth-order valence-corrected chi connectivity index (χ4v) is 1.30. The van der Waals surface area contributed by atoms with Crippen LogP contribution < -0.4 is 5.32 Å². The van der Waals surface area contributed by atoms with Gasteiger partial charge in [0, 0.05) is 12.3 Å². The number of aromatic nitrogens is 1. The Balaban J connectivity index is 2.46. The molecule has 0 saturated carbocycles. The minimum absolute atomic E-state index is 0.331. The van der Waals surface area contributed by atoms with Crippen molar-refractivity contribution in [3.63, 3.8) is 0 Å². The van der Waals surface area contributed by atoms with E-state index < -0.39 is 0 Å². The molecule has 1 N–H and O–H groups in total. The second-order valence-corrected chi connectivity index (χ2v) is 2.96. The molecule has 2 aromatic rings. The summed E-state index contributed by atoms with van der Waals surface area (Å²) in [6.07, 6.45) is 1.62. The normalized spacial score (nSPS) is 10.1. The van der Waals surface area contributed by atoms with E-state index in [9.17, 15) is 4.79 Å². The van der Waals surface area contributed by atoms with E-state index >= 15 is 0 Å². The zero-order valence-corrected chi connectivity index (χ0v) is 7.53. The Bertz CT molecular complexity index is 479. The predicted molar refractivity (Wildman–Crippen MR) is 55.7 cm³/mol. The highest BCUT2D eigenvalue weighted by Gasteiger charge is 1.97. The van der Waals surface area contributed by atoms with Crippen LogP contribution in [0.5, 0.6) is 0 Å². The van der Waals surface area contributed by atoms with Gasteiger partial charge in [-0.25, -0.2) is 0 Å². The maximum Gasteiger partial charge on any atom is 0.224 e. The maximum absolute atomic E-state index is 10.7. The SMILES string of the molecule is [CH2]C(=O)Nc1cnc2ccccc2c1. The molecule has 1 aromatic carbocycles. The summed E-state index contributed by atoms with van der Waals surface area (Å²) in [7, 11) is 0. The van der Waals surface area contributed by atoms with Gasteiger partial charge in [0.25, 0.3) is 0 Å². The van der Waals surface area contributed by atoms with Gasteiger partial charge in [-0.15, -0.1) is 0 Å². The van der Waals surface area contributed by atoms with Gasteiger partial charge < -0.3 is 5.32 Å². The summed E-state index contributed by atoms with van der Waals surface area (Å²) in [5, 5.41) is 3.58. The molecule has 14 heavy (non-hydrogen) atoms. The van der Waals surface area contributed by atoms with Crippen LogP contribution in [0.15, 0.2) is 36.5 Å². The Hall–Kier alpha value is -1.90. The highest BCUT2D eigenvalue weighted by atomic mass is 16.1. The van der Waals surface area contributed by atoms with Crippen molar-refractivity contribution >= 4 is 22.5 Å². The van der Waals surface area contributed by atoms with E-state index in [0.717, 1.165) is 10.9 Å². The zero-order valence-electron chi connectivity index (χ0n) is 7.53. The molecule has 69 valence electrons. The van der Waals surface area contributed by atoms with Crippen LogP contribution in [0.4, 0.5) is 5.69 Å². The Labute approximate surface area is 81.8 Å². The second-order valence-electron chi connectivity index (χ2n) is 2.96. The smallest absolute Gasteiger partial charge is 0.224 e. The minimum Gasteiger partial charge on any atom is -0.325 e. The minimum atomic E-state index is -0.331. The maximum atomic E-state index is 10.7. The zero-order chi connectivity index (χ0) is 9.97. The van der Waals surface area contributed by atoms with Crippen LogP contribution in [-0.2, 0) is 4.79 Å². The summed E-state index contributed by atoms with van der Waals surface area (Å²) < 4.78 is 0. The summed E-state index contributed by atoms with van der Waals surface area (Å²) >= 11 is 0. The Morgan fingerprint density at radius 3 is 2.93 bits per heavy atom. The number of nitrogens with one attached hydrogen (secondary N) is 1. The van der Waals surface area contributed by atoms with Gasteiger partial charge in [-0.3, -0.25) is 9.78 Å². The second kappa shape index (κ2) is 3.46. The average molecular weight is 185 g/mol. The van der Waals surface area contributed by atoms with Crippen LogP contribution in [0.3, 0.4) is 0 Å². The van der Waals surface area contributed by atoms with E-state index in [0.29, 0.717) is 5.69 Å². The number of hydrogen-bond acceptors (Lipinski definition) is 2. The van der Waals surface area contributed by atoms with Crippen molar-refractivity contribution < 1.29 is 4.79 Å². The fourth-order valence-electron chi connectivity index (χ4n) is 1.30. The summed E-state index contributed by atoms with van der Waals surface area (Å²) in [6.45, 7) is 3.24. The van der Waals surface area contributed by atoms with Crippen molar-refractivity contribution in [1.29, 1.82) is 0 Å². The number of amides is 1. The van der Waals surface area contributed by atoms with E-state index in [4.69, 9.17) is 0 Å². The number of pyridine rings is 1. The third-order valence-electron chi connectivity index (χ3n) is 1.87. The molecule has 0 atom stereocenters. The molecular formula is C11H9N2O. The number of carbonyl (C=O) groups excluding carboxylic acids is 1. The van der Waals surface area contributed by atoms with Gasteiger partial charge in [0.15, 0.2) is 0 Å². The van der Waals surface area contributed by atoms with Gasteiger partial charge in [-0.2, -0.15) is 0 Å². The van der Waals surface area contributed by atoms with E-state index in [2.05, 4.69) is 17.2 Å². The first-order chi connectivity index (χ1) is 6.75. The van der Waals surface area contributed by atoms with Crippen LogP contribution in [0, 0.1) is 6.92 Å². The molecule has 1 amide bonds. The molecule has 0 fully saturated rings. The highest BCUT2D eigenvalue weighted by molar-refractivity contribution is 5.95. The number of fused-ring (bicyclic) bond motifs is 1. The van der Waals surface area contributed by atoms with E-state index in [-0.39, 0.29) is 5.91 Å². The molecule has 1 radical (unpaired) electrons. The van der Waals surface area contributed by atoms with Crippen molar-refractivity contribution in [3.8, 4) is 0 Å². The topological polar surface area (TPSA) is 42.0 Å². The van der Waals surface area contributed by atoms with Crippen LogP contribution in [0.2, 0.25) is 0 Å². The van der Waals surface area contributed by atoms with Gasteiger partial charge >= 0.3 is 0 Å². The van der Waals surface area contributed by atoms with Gasteiger partial charge in [0.2, 0.25) is 5.91 Å². The molecule has 0 spiro atoms. The molecule has 1 heterocycles. The number of nitrogens with zero attached hydrogens (tertiary/aromatic N) is 1. The van der Waals surface area contributed by atoms with Crippen LogP contribution in [0.25, 0.3) is 10.9 Å². The molecule has 3 heteroatoms. The monoisotopic (exact) mass is 185 g/mol. The fraction of sp³-hybridized carbons (Fsp3) is 0. The molecule has 0 aliphatic rings. The summed E-state index contributed by atoms with van der Waals surface area (Å²) in [5.41, 5.74) is 1.58. The third-order valence-corrected chi connectivity index (χ3v) is 1.87. The first-order valence-corrected chi connectivity index (χ1v) is 4.23. The lowest BCUT2D eigenvalue weighted by molar-refractivity contribution is -0.112. The Morgan fingerprint density at radius 2 is 2.14 bits per heavy atom. The number of rotatable bonds is 1. The number of para-hydroxylation sites is 1. The molecule has 0 unspecified atom stereocenters. The number of benzene rings is 1. The van der Waals surface area contributed by atoms with Crippen LogP contribution in [0.1, 0.15) is 0 Å². The average Bonchev–Trinajstić information content (AvgIpc) is 2.17. The lowest BCUT2D eigenvalue weighted by Crippen LogP contribution is -2.06. The predicted octanol–water partition coefficient (Wildman–Crippen LogP) is 2.01. The highest BCUT2D eigenvalue weighted by Crippen LogP contribution is 2.15. The summed E-state index contributed by atoms with van der Waals surface area (Å²) in [6, 6.07) is 9.59. The standard InChI is InChI=1S/C11H9N2O/c1-8(14)13-10-6-9-4-2-3-5-11(9)12-7-10/h2-7H,1H2,(H,13,14). The molecule has 0 aliphatic carbocycles. The van der Waals surface area contributed by atoms with Crippen LogP contribution >= 0.6 is 0 Å². The lowest BCUT2D eigenvalue weighted by Gasteiger charge is -2.02. The van der Waals surface area contributed by atoms with Crippen molar-refractivity contribution in [1.82, 2.24) is 4.98 Å². The molecule has 0 saturated heterocycles. The van der Waals surface area contributed by atoms with Crippen LogP contribution in [-0.4, -0.2) is 10.9 Å². The number of anilines is 1. The van der Waals surface area contributed by atoms with Crippen molar-refractivity contribution in [2.45, 2.75) is 0 Å². The molecule has 1 aromatic heterocycles. The van der Waals surface area contributed by atoms with Gasteiger partial charge in [-0.05, 0) is 12.1 Å². The van der Waals surface area contributed by atoms with Gasteiger partial charge in [0.05, 0.1) is 17.4 Å². The Morgan fingerprint density at radius 1 is 1.36 bits per heavy atom. The summed E-state index contributed by atoms with van der Waals surface area (Å²) in [5.74, 6) is -0.331. The molecule has 3 nitrogen and oxygen atoms in total. The third kappa shape index (κ3) is 1.71. The van der Waals surface area contributed by atoms with Crippen molar-refractivity contribution in [3.05, 3.63) is 43.5 Å².